The molecule has 4 aliphatic rings. The van der Waals surface area contributed by atoms with Crippen molar-refractivity contribution in [3.63, 3.8) is 0 Å². The third-order valence-corrected chi connectivity index (χ3v) is 8.77. The Labute approximate surface area is 205 Å². The average Bonchev–Trinajstić information content (AvgIpc) is 3.12. The van der Waals surface area contributed by atoms with Crippen molar-refractivity contribution in [2.75, 3.05) is 26.1 Å². The second kappa shape index (κ2) is 9.62. The Bertz CT molecular complexity index is 1060. The van der Waals surface area contributed by atoms with Gasteiger partial charge in [0.1, 0.15) is 5.75 Å². The molecule has 0 radical (unpaired) electrons. The van der Waals surface area contributed by atoms with Crippen LogP contribution in [-0.2, 0) is 4.79 Å². The van der Waals surface area contributed by atoms with E-state index in [4.69, 9.17) is 4.74 Å². The van der Waals surface area contributed by atoms with Gasteiger partial charge >= 0.3 is 0 Å². The van der Waals surface area contributed by atoms with Gasteiger partial charge in [-0.25, -0.2) is 0 Å². The second-order valence-corrected chi connectivity index (χ2v) is 10.8. The molecule has 4 aliphatic carbocycles. The number of aliphatic hydroxyl groups is 1. The van der Waals surface area contributed by atoms with E-state index in [9.17, 15) is 9.90 Å². The SMILES string of the molecule is C#CC.COc1cc(C2CC3(C)C(O)CCC3C3CCC4=CC(=O)CCC4=C23)ccc1N(C)C. The number of benzene rings is 1. The first-order valence-corrected chi connectivity index (χ1v) is 12.6. The molecular formula is C30H39NO3. The van der Waals surface area contributed by atoms with Crippen LogP contribution in [0, 0.1) is 29.6 Å². The van der Waals surface area contributed by atoms with Crippen LogP contribution in [0.1, 0.15) is 70.3 Å². The fourth-order valence-electron chi connectivity index (χ4n) is 7.21. The lowest BCUT2D eigenvalue weighted by Crippen LogP contribution is -2.45. The smallest absolute Gasteiger partial charge is 0.156 e. The average molecular weight is 462 g/mol. The zero-order valence-electron chi connectivity index (χ0n) is 21.4. The van der Waals surface area contributed by atoms with E-state index in [0.29, 0.717) is 18.3 Å². The lowest BCUT2D eigenvalue weighted by molar-refractivity contribution is -0.114. The van der Waals surface area contributed by atoms with Gasteiger partial charge in [0.25, 0.3) is 0 Å². The summed E-state index contributed by atoms with van der Waals surface area (Å²) >= 11 is 0. The Hall–Kier alpha value is -2.51. The summed E-state index contributed by atoms with van der Waals surface area (Å²) in [4.78, 5) is 14.2. The molecule has 0 aliphatic heterocycles. The van der Waals surface area contributed by atoms with Gasteiger partial charge < -0.3 is 14.7 Å². The zero-order valence-corrected chi connectivity index (χ0v) is 21.4. The number of methoxy groups -OCH3 is 1. The highest BCUT2D eigenvalue weighted by atomic mass is 16.5. The number of ether oxygens (including phenoxy) is 1. The number of carbonyl (C=O) groups excluding carboxylic acids is 1. The number of carbonyl (C=O) groups is 1. The lowest BCUT2D eigenvalue weighted by Gasteiger charge is -2.52. The minimum atomic E-state index is -0.223. The molecule has 0 aromatic heterocycles. The molecular weight excluding hydrogens is 422 g/mol. The minimum absolute atomic E-state index is 0.0431. The summed E-state index contributed by atoms with van der Waals surface area (Å²) in [6.45, 7) is 3.98. The number of nitrogens with zero attached hydrogens (tertiary/aromatic N) is 1. The summed E-state index contributed by atoms with van der Waals surface area (Å²) < 4.78 is 5.76. The lowest BCUT2D eigenvalue weighted by atomic mass is 9.53. The van der Waals surface area contributed by atoms with Gasteiger partial charge in [0.05, 0.1) is 18.9 Å². The van der Waals surface area contributed by atoms with Crippen molar-refractivity contribution in [2.45, 2.75) is 70.8 Å². The number of hydrogen-bond donors (Lipinski definition) is 1. The van der Waals surface area contributed by atoms with Crippen LogP contribution in [0.15, 0.2) is 41.0 Å². The molecule has 0 heterocycles. The maximum absolute atomic E-state index is 12.1. The molecule has 182 valence electrons. The van der Waals surface area contributed by atoms with Crippen molar-refractivity contribution in [2.24, 2.45) is 17.3 Å². The van der Waals surface area contributed by atoms with Crippen molar-refractivity contribution >= 4 is 11.5 Å². The number of anilines is 1. The molecule has 5 unspecified atom stereocenters. The quantitative estimate of drug-likeness (QED) is 0.590. The van der Waals surface area contributed by atoms with Crippen molar-refractivity contribution in [3.8, 4) is 18.1 Å². The van der Waals surface area contributed by atoms with Gasteiger partial charge in [0.15, 0.2) is 5.78 Å². The number of rotatable bonds is 3. The number of terminal acetylenes is 1. The highest BCUT2D eigenvalue weighted by Gasteiger charge is 2.56. The molecule has 0 bridgehead atoms. The largest absolute Gasteiger partial charge is 0.495 e. The van der Waals surface area contributed by atoms with Gasteiger partial charge in [-0.2, -0.15) is 0 Å². The number of aliphatic hydroxyl groups excluding tert-OH is 1. The van der Waals surface area contributed by atoms with Crippen LogP contribution in [0.4, 0.5) is 5.69 Å². The minimum Gasteiger partial charge on any atom is -0.495 e. The van der Waals surface area contributed by atoms with E-state index in [1.807, 2.05) is 20.2 Å². The summed E-state index contributed by atoms with van der Waals surface area (Å²) in [7, 11) is 5.82. The van der Waals surface area contributed by atoms with Gasteiger partial charge in [0, 0.05) is 26.4 Å². The van der Waals surface area contributed by atoms with Crippen LogP contribution < -0.4 is 9.64 Å². The first-order chi connectivity index (χ1) is 16.2. The molecule has 2 fully saturated rings. The fraction of sp³-hybridized carbons (Fsp3) is 0.567. The van der Waals surface area contributed by atoms with Crippen molar-refractivity contribution in [3.05, 3.63) is 46.6 Å². The number of fused-ring (bicyclic) bond motifs is 4. The van der Waals surface area contributed by atoms with Gasteiger partial charge in [-0.05, 0) is 97.6 Å². The molecule has 34 heavy (non-hydrogen) atoms. The van der Waals surface area contributed by atoms with Crippen LogP contribution in [0.5, 0.6) is 5.75 Å². The van der Waals surface area contributed by atoms with Gasteiger partial charge in [-0.15, -0.1) is 12.3 Å². The highest BCUT2D eigenvalue weighted by molar-refractivity contribution is 5.93. The van der Waals surface area contributed by atoms with Gasteiger partial charge in [-0.1, -0.05) is 18.6 Å². The Morgan fingerprint density at radius 2 is 1.91 bits per heavy atom. The molecule has 2 saturated carbocycles. The van der Waals surface area contributed by atoms with Crippen molar-refractivity contribution < 1.29 is 14.6 Å². The molecule has 0 amide bonds. The summed E-state index contributed by atoms with van der Waals surface area (Å²) in [6, 6.07) is 6.63. The Balaban J connectivity index is 0.000000868. The van der Waals surface area contributed by atoms with E-state index in [1.165, 1.54) is 16.7 Å². The predicted molar refractivity (Wildman–Crippen MR) is 138 cm³/mol. The molecule has 5 atom stereocenters. The number of allylic oxidation sites excluding steroid dienone is 4. The molecule has 0 saturated heterocycles. The molecule has 0 spiro atoms. The topological polar surface area (TPSA) is 49.8 Å². The summed E-state index contributed by atoms with van der Waals surface area (Å²) in [5.41, 5.74) is 6.63. The third-order valence-electron chi connectivity index (χ3n) is 8.77. The number of ketones is 1. The first kappa shape index (κ1) is 24.6. The van der Waals surface area contributed by atoms with Gasteiger partial charge in [0.2, 0.25) is 0 Å². The standard InChI is InChI=1S/C27H35NO3.C3H4/c1-27-15-21(17-6-11-23(28(2)3)24(14-17)31-4)26-19-9-7-18(29)13-16(19)5-8-20(26)22(27)10-12-25(27)30;1-3-2/h6,11,13-14,20-22,25,30H,5,7-10,12,15H2,1-4H3;1H,2H3. The summed E-state index contributed by atoms with van der Waals surface area (Å²) in [6.07, 6.45) is 12.9. The van der Waals surface area contributed by atoms with Crippen molar-refractivity contribution in [1.82, 2.24) is 0 Å². The highest BCUT2D eigenvalue weighted by Crippen LogP contribution is 2.64. The maximum atomic E-state index is 12.1. The van der Waals surface area contributed by atoms with Crippen LogP contribution in [0.2, 0.25) is 0 Å². The summed E-state index contributed by atoms with van der Waals surface area (Å²) in [5, 5.41) is 11.0. The predicted octanol–water partition coefficient (Wildman–Crippen LogP) is 5.66. The van der Waals surface area contributed by atoms with Crippen LogP contribution in [0.25, 0.3) is 0 Å². The van der Waals surface area contributed by atoms with Crippen LogP contribution >= 0.6 is 0 Å². The van der Waals surface area contributed by atoms with E-state index in [1.54, 1.807) is 19.6 Å². The zero-order chi connectivity index (χ0) is 24.6. The fourth-order valence-corrected chi connectivity index (χ4v) is 7.21. The number of hydrogen-bond acceptors (Lipinski definition) is 4. The molecule has 5 rings (SSSR count). The third kappa shape index (κ3) is 4.09. The molecule has 1 N–H and O–H groups in total. The normalized spacial score (nSPS) is 31.8. The monoisotopic (exact) mass is 461 g/mol. The maximum Gasteiger partial charge on any atom is 0.156 e. The second-order valence-electron chi connectivity index (χ2n) is 10.8. The Morgan fingerprint density at radius 3 is 2.59 bits per heavy atom. The molecule has 4 heteroatoms. The van der Waals surface area contributed by atoms with E-state index >= 15 is 0 Å². The first-order valence-electron chi connectivity index (χ1n) is 12.6. The Kier molecular flexibility index (Phi) is 6.97. The van der Waals surface area contributed by atoms with Crippen LogP contribution in [-0.4, -0.2) is 38.2 Å². The van der Waals surface area contributed by atoms with Crippen LogP contribution in [0.3, 0.4) is 0 Å². The molecule has 1 aromatic carbocycles. The van der Waals surface area contributed by atoms with E-state index in [2.05, 4.69) is 42.4 Å². The molecule has 4 nitrogen and oxygen atoms in total. The Morgan fingerprint density at radius 1 is 1.18 bits per heavy atom. The van der Waals surface area contributed by atoms with E-state index < -0.39 is 0 Å². The molecule has 1 aromatic rings. The van der Waals surface area contributed by atoms with E-state index in [-0.39, 0.29) is 23.2 Å². The summed E-state index contributed by atoms with van der Waals surface area (Å²) in [5.74, 6) is 4.76. The van der Waals surface area contributed by atoms with E-state index in [0.717, 1.165) is 50.0 Å². The van der Waals surface area contributed by atoms with Gasteiger partial charge in [-0.3, -0.25) is 4.79 Å². The van der Waals surface area contributed by atoms with Crippen molar-refractivity contribution in [1.29, 1.82) is 0 Å².